The summed E-state index contributed by atoms with van der Waals surface area (Å²) in [6, 6.07) is 22.9. The number of piperazine rings is 1. The normalized spacial score (nSPS) is 13.6. The van der Waals surface area contributed by atoms with E-state index in [1.165, 1.54) is 5.56 Å². The van der Waals surface area contributed by atoms with Crippen LogP contribution in [0.2, 0.25) is 5.02 Å². The predicted molar refractivity (Wildman–Crippen MR) is 147 cm³/mol. The molecule has 0 bridgehead atoms. The lowest BCUT2D eigenvalue weighted by molar-refractivity contribution is 0.0640. The van der Waals surface area contributed by atoms with Gasteiger partial charge in [0, 0.05) is 71.5 Å². The number of rotatable bonds is 6. The average Bonchev–Trinajstić information content (AvgIpc) is 3.32. The molecule has 1 amide bonds. The number of H-pyrrole nitrogens is 1. The summed E-state index contributed by atoms with van der Waals surface area (Å²) in [5.74, 6) is -0.160. The van der Waals surface area contributed by atoms with Crippen molar-refractivity contribution in [1.29, 1.82) is 0 Å². The molecule has 0 aliphatic carbocycles. The Hall–Kier alpha value is -3.16. The summed E-state index contributed by atoms with van der Waals surface area (Å²) in [5.41, 5.74) is 3.72. The van der Waals surface area contributed by atoms with Gasteiger partial charge >= 0.3 is 0 Å². The van der Waals surface area contributed by atoms with Crippen molar-refractivity contribution in [3.05, 3.63) is 106 Å². The van der Waals surface area contributed by atoms with Crippen LogP contribution in [0.15, 0.2) is 79.0 Å². The van der Waals surface area contributed by atoms with Crippen LogP contribution in [-0.2, 0) is 6.42 Å². The molecule has 0 atom stereocenters. The summed E-state index contributed by atoms with van der Waals surface area (Å²) < 4.78 is 0. The summed E-state index contributed by atoms with van der Waals surface area (Å²) in [5, 5.41) is 1.26. The largest absolute Gasteiger partial charge is 0.412 e. The van der Waals surface area contributed by atoms with Crippen LogP contribution >= 0.6 is 24.0 Å². The number of halogens is 2. The standard InChI is InChI=1S/C28H26ClN3O2.ClH.H2O/c29-22-11-9-21(10-12-22)27(33)24-19-30-25-8-4-7-23(26(24)25)28(34)32-17-15-31(16-18-32)14-13-20-5-2-1-3-6-20;;/h1-12,19,30H,13-18H2;1H;1H2. The number of fused-ring (bicyclic) bond motifs is 1. The summed E-state index contributed by atoms with van der Waals surface area (Å²) in [4.78, 5) is 34.2. The molecule has 0 unspecified atom stereocenters. The number of carbonyl (C=O) groups is 2. The van der Waals surface area contributed by atoms with Gasteiger partial charge in [-0.05, 0) is 48.4 Å². The van der Waals surface area contributed by atoms with Crippen LogP contribution < -0.4 is 0 Å². The third kappa shape index (κ3) is 5.79. The Morgan fingerprint density at radius 3 is 2.22 bits per heavy atom. The van der Waals surface area contributed by atoms with E-state index in [2.05, 4.69) is 34.1 Å². The Bertz CT molecular complexity index is 1320. The lowest BCUT2D eigenvalue weighted by Crippen LogP contribution is -2.49. The minimum atomic E-state index is -0.131. The minimum absolute atomic E-state index is 0. The van der Waals surface area contributed by atoms with Gasteiger partial charge in [-0.3, -0.25) is 14.5 Å². The Balaban J connectivity index is 0.00000180. The van der Waals surface area contributed by atoms with Gasteiger partial charge in [-0.25, -0.2) is 0 Å². The zero-order valence-electron chi connectivity index (χ0n) is 19.7. The van der Waals surface area contributed by atoms with E-state index in [4.69, 9.17) is 11.6 Å². The monoisotopic (exact) mass is 525 g/mol. The zero-order valence-corrected chi connectivity index (χ0v) is 21.3. The molecule has 2 heterocycles. The van der Waals surface area contributed by atoms with Gasteiger partial charge in [0.15, 0.2) is 5.78 Å². The number of nitrogens with zero attached hydrogens (tertiary/aromatic N) is 2. The molecule has 5 rings (SSSR count). The highest BCUT2D eigenvalue weighted by Gasteiger charge is 2.26. The second kappa shape index (κ2) is 12.2. The number of aromatic amines is 1. The van der Waals surface area contributed by atoms with E-state index >= 15 is 0 Å². The summed E-state index contributed by atoms with van der Waals surface area (Å²) in [7, 11) is 0. The fraction of sp³-hybridized carbons (Fsp3) is 0.214. The first-order chi connectivity index (χ1) is 16.6. The highest BCUT2D eigenvalue weighted by atomic mass is 35.5. The average molecular weight is 526 g/mol. The summed E-state index contributed by atoms with van der Waals surface area (Å²) in [6.45, 7) is 4.03. The summed E-state index contributed by atoms with van der Waals surface area (Å²) in [6.07, 6.45) is 2.70. The highest BCUT2D eigenvalue weighted by molar-refractivity contribution is 6.30. The first-order valence-corrected chi connectivity index (χ1v) is 11.9. The Morgan fingerprint density at radius 1 is 0.833 bits per heavy atom. The molecule has 1 aliphatic heterocycles. The molecule has 0 spiro atoms. The highest BCUT2D eigenvalue weighted by Crippen LogP contribution is 2.27. The molecule has 3 aromatic carbocycles. The molecule has 3 N–H and O–H groups in total. The van der Waals surface area contributed by atoms with E-state index in [0.717, 1.165) is 31.6 Å². The Labute approximate surface area is 221 Å². The number of hydrogen-bond donors (Lipinski definition) is 1. The van der Waals surface area contributed by atoms with Gasteiger partial charge in [-0.2, -0.15) is 0 Å². The van der Waals surface area contributed by atoms with E-state index < -0.39 is 0 Å². The van der Waals surface area contributed by atoms with Gasteiger partial charge in [-0.15, -0.1) is 12.4 Å². The van der Waals surface area contributed by atoms with Gasteiger partial charge in [0.05, 0.1) is 0 Å². The van der Waals surface area contributed by atoms with Crippen molar-refractivity contribution >= 4 is 46.6 Å². The fourth-order valence-electron chi connectivity index (χ4n) is 4.58. The lowest BCUT2D eigenvalue weighted by Gasteiger charge is -2.35. The van der Waals surface area contributed by atoms with Crippen LogP contribution in [0, 0.1) is 0 Å². The van der Waals surface area contributed by atoms with E-state index in [-0.39, 0.29) is 29.6 Å². The van der Waals surface area contributed by atoms with Crippen molar-refractivity contribution < 1.29 is 15.1 Å². The Kier molecular flexibility index (Phi) is 9.29. The molecule has 8 heteroatoms. The first kappa shape index (κ1) is 27.4. The predicted octanol–water partition coefficient (Wildman–Crippen LogP) is 4.65. The summed E-state index contributed by atoms with van der Waals surface area (Å²) >= 11 is 5.98. The van der Waals surface area contributed by atoms with Crippen molar-refractivity contribution in [3.63, 3.8) is 0 Å². The van der Waals surface area contributed by atoms with Crippen molar-refractivity contribution in [3.8, 4) is 0 Å². The second-order valence-corrected chi connectivity index (χ2v) is 9.07. The van der Waals surface area contributed by atoms with Crippen LogP contribution in [0.3, 0.4) is 0 Å². The maximum atomic E-state index is 13.5. The number of hydrogen-bond acceptors (Lipinski definition) is 3. The third-order valence-corrected chi connectivity index (χ3v) is 6.76. The number of benzene rings is 3. The van der Waals surface area contributed by atoms with E-state index in [1.807, 2.05) is 29.2 Å². The van der Waals surface area contributed by atoms with E-state index in [1.54, 1.807) is 30.5 Å². The van der Waals surface area contributed by atoms with Gasteiger partial charge in [0.25, 0.3) is 5.91 Å². The molecule has 1 aliphatic rings. The molecular weight excluding hydrogens is 497 g/mol. The molecule has 4 aromatic rings. The second-order valence-electron chi connectivity index (χ2n) is 8.64. The minimum Gasteiger partial charge on any atom is -0.412 e. The zero-order chi connectivity index (χ0) is 23.5. The van der Waals surface area contributed by atoms with Crippen LogP contribution in [-0.4, -0.2) is 64.7 Å². The lowest BCUT2D eigenvalue weighted by atomic mass is 9.98. The molecule has 1 saturated heterocycles. The third-order valence-electron chi connectivity index (χ3n) is 6.51. The molecule has 1 fully saturated rings. The van der Waals surface area contributed by atoms with Crippen molar-refractivity contribution in [1.82, 2.24) is 14.8 Å². The SMILES string of the molecule is Cl.O.O=C(c1ccc(Cl)cc1)c1c[nH]c2cccc(C(=O)N3CCN(CCc4ccccc4)CC3)c12. The van der Waals surface area contributed by atoms with E-state index in [9.17, 15) is 9.59 Å². The molecule has 0 saturated carbocycles. The topological polar surface area (TPSA) is 87.9 Å². The molecular formula is C28H29Cl2N3O3. The van der Waals surface area contributed by atoms with Crippen LogP contribution in [0.25, 0.3) is 10.9 Å². The quantitative estimate of drug-likeness (QED) is 0.371. The van der Waals surface area contributed by atoms with Gasteiger partial charge in [0.1, 0.15) is 0 Å². The van der Waals surface area contributed by atoms with Gasteiger partial charge in [-0.1, -0.05) is 48.0 Å². The number of carbonyl (C=O) groups excluding carboxylic acids is 2. The first-order valence-electron chi connectivity index (χ1n) is 11.6. The number of nitrogens with one attached hydrogen (secondary N) is 1. The van der Waals surface area contributed by atoms with Crippen molar-refractivity contribution in [2.75, 3.05) is 32.7 Å². The smallest absolute Gasteiger partial charge is 0.254 e. The molecule has 0 radical (unpaired) electrons. The molecule has 1 aromatic heterocycles. The number of aromatic nitrogens is 1. The maximum Gasteiger partial charge on any atom is 0.254 e. The Morgan fingerprint density at radius 2 is 1.53 bits per heavy atom. The number of ketones is 1. The van der Waals surface area contributed by atoms with E-state index in [0.29, 0.717) is 40.2 Å². The molecule has 6 nitrogen and oxygen atoms in total. The molecule has 188 valence electrons. The number of amides is 1. The maximum absolute atomic E-state index is 13.5. The van der Waals surface area contributed by atoms with Crippen molar-refractivity contribution in [2.24, 2.45) is 0 Å². The fourth-order valence-corrected chi connectivity index (χ4v) is 4.70. The van der Waals surface area contributed by atoms with Crippen LogP contribution in [0.4, 0.5) is 0 Å². The van der Waals surface area contributed by atoms with Crippen molar-refractivity contribution in [2.45, 2.75) is 6.42 Å². The van der Waals surface area contributed by atoms with Gasteiger partial charge < -0.3 is 15.4 Å². The van der Waals surface area contributed by atoms with Gasteiger partial charge in [0.2, 0.25) is 0 Å². The van der Waals surface area contributed by atoms with Crippen LogP contribution in [0.5, 0.6) is 0 Å². The molecule has 36 heavy (non-hydrogen) atoms. The van der Waals surface area contributed by atoms with Crippen LogP contribution in [0.1, 0.15) is 31.8 Å².